The SMILES string of the molecule is O=C(CN1CCN(Cc2cccc(Cl)c2)CC1)Nc1ccccc1I. The van der Waals surface area contributed by atoms with Gasteiger partial charge < -0.3 is 5.32 Å². The Balaban J connectivity index is 1.44. The third-order valence-electron chi connectivity index (χ3n) is 4.28. The molecule has 6 heteroatoms. The molecule has 1 amide bonds. The summed E-state index contributed by atoms with van der Waals surface area (Å²) in [5.74, 6) is 0.0485. The molecule has 2 aromatic rings. The number of piperazine rings is 1. The summed E-state index contributed by atoms with van der Waals surface area (Å²) in [6.45, 7) is 5.07. The van der Waals surface area contributed by atoms with Crippen LogP contribution < -0.4 is 5.32 Å². The van der Waals surface area contributed by atoms with Crippen molar-refractivity contribution in [2.24, 2.45) is 0 Å². The van der Waals surface area contributed by atoms with Crippen molar-refractivity contribution in [3.8, 4) is 0 Å². The average molecular weight is 470 g/mol. The quantitative estimate of drug-likeness (QED) is 0.678. The summed E-state index contributed by atoms with van der Waals surface area (Å²) < 4.78 is 1.06. The van der Waals surface area contributed by atoms with E-state index in [2.05, 4.69) is 43.8 Å². The number of rotatable bonds is 5. The molecule has 0 aromatic heterocycles. The molecule has 1 fully saturated rings. The van der Waals surface area contributed by atoms with Crippen LogP contribution in [0.2, 0.25) is 5.02 Å². The molecular weight excluding hydrogens is 449 g/mol. The number of benzene rings is 2. The minimum Gasteiger partial charge on any atom is -0.324 e. The highest BCUT2D eigenvalue weighted by Gasteiger charge is 2.19. The third kappa shape index (κ3) is 5.67. The number of halogens is 2. The summed E-state index contributed by atoms with van der Waals surface area (Å²) in [6, 6.07) is 15.8. The minimum absolute atomic E-state index is 0.0485. The highest BCUT2D eigenvalue weighted by atomic mass is 127. The van der Waals surface area contributed by atoms with Crippen LogP contribution in [0.15, 0.2) is 48.5 Å². The van der Waals surface area contributed by atoms with E-state index in [0.29, 0.717) is 6.54 Å². The maximum absolute atomic E-state index is 12.3. The van der Waals surface area contributed by atoms with Crippen LogP contribution in [0.25, 0.3) is 0 Å². The van der Waals surface area contributed by atoms with Crippen molar-refractivity contribution in [1.29, 1.82) is 0 Å². The van der Waals surface area contributed by atoms with Gasteiger partial charge in [-0.2, -0.15) is 0 Å². The van der Waals surface area contributed by atoms with Gasteiger partial charge in [-0.3, -0.25) is 14.6 Å². The average Bonchev–Trinajstić information content (AvgIpc) is 2.59. The van der Waals surface area contributed by atoms with Gasteiger partial charge in [0.1, 0.15) is 0 Å². The Bertz CT molecular complexity index is 732. The molecule has 1 aliphatic heterocycles. The van der Waals surface area contributed by atoms with Gasteiger partial charge >= 0.3 is 0 Å². The summed E-state index contributed by atoms with van der Waals surface area (Å²) in [5.41, 5.74) is 2.12. The van der Waals surface area contributed by atoms with Crippen LogP contribution in [0, 0.1) is 3.57 Å². The van der Waals surface area contributed by atoms with Crippen molar-refractivity contribution in [2.75, 3.05) is 38.0 Å². The number of hydrogen-bond acceptors (Lipinski definition) is 3. The molecule has 0 saturated carbocycles. The van der Waals surface area contributed by atoms with E-state index in [9.17, 15) is 4.79 Å². The van der Waals surface area contributed by atoms with E-state index < -0.39 is 0 Å². The number of amides is 1. The van der Waals surface area contributed by atoms with Gasteiger partial charge in [0.2, 0.25) is 5.91 Å². The molecular formula is C19H21ClIN3O. The normalized spacial score (nSPS) is 15.9. The van der Waals surface area contributed by atoms with Crippen molar-refractivity contribution in [1.82, 2.24) is 9.80 Å². The molecule has 1 heterocycles. The summed E-state index contributed by atoms with van der Waals surface area (Å²) >= 11 is 8.28. The van der Waals surface area contributed by atoms with Crippen LogP contribution >= 0.6 is 34.2 Å². The first-order valence-corrected chi connectivity index (χ1v) is 9.79. The maximum Gasteiger partial charge on any atom is 0.238 e. The fraction of sp³-hybridized carbons (Fsp3) is 0.316. The second kappa shape index (κ2) is 8.98. The van der Waals surface area contributed by atoms with E-state index in [1.807, 2.05) is 42.5 Å². The summed E-state index contributed by atoms with van der Waals surface area (Å²) in [4.78, 5) is 16.9. The van der Waals surface area contributed by atoms with E-state index in [-0.39, 0.29) is 5.91 Å². The Hall–Kier alpha value is -1.15. The van der Waals surface area contributed by atoms with Crippen LogP contribution in [-0.2, 0) is 11.3 Å². The minimum atomic E-state index is 0.0485. The van der Waals surface area contributed by atoms with E-state index in [0.717, 1.165) is 47.0 Å². The second-order valence-corrected chi connectivity index (χ2v) is 7.81. The summed E-state index contributed by atoms with van der Waals surface area (Å²) in [5, 5.41) is 3.78. The third-order valence-corrected chi connectivity index (χ3v) is 5.45. The van der Waals surface area contributed by atoms with Gasteiger partial charge in [0, 0.05) is 41.3 Å². The number of hydrogen-bond donors (Lipinski definition) is 1. The molecule has 0 aliphatic carbocycles. The lowest BCUT2D eigenvalue weighted by molar-refractivity contribution is -0.117. The molecule has 25 heavy (non-hydrogen) atoms. The molecule has 1 aliphatic rings. The van der Waals surface area contributed by atoms with Gasteiger partial charge in [0.15, 0.2) is 0 Å². The number of nitrogens with one attached hydrogen (secondary N) is 1. The molecule has 4 nitrogen and oxygen atoms in total. The second-order valence-electron chi connectivity index (χ2n) is 6.21. The monoisotopic (exact) mass is 469 g/mol. The number of para-hydroxylation sites is 1. The molecule has 0 unspecified atom stereocenters. The Morgan fingerprint density at radius 3 is 2.48 bits per heavy atom. The maximum atomic E-state index is 12.3. The van der Waals surface area contributed by atoms with Gasteiger partial charge in [-0.15, -0.1) is 0 Å². The van der Waals surface area contributed by atoms with Crippen LogP contribution in [0.4, 0.5) is 5.69 Å². The predicted molar refractivity (Wildman–Crippen MR) is 111 cm³/mol. The van der Waals surface area contributed by atoms with Crippen LogP contribution in [-0.4, -0.2) is 48.4 Å². The number of nitrogens with zero attached hydrogens (tertiary/aromatic N) is 2. The van der Waals surface area contributed by atoms with Gasteiger partial charge in [0.25, 0.3) is 0 Å². The summed E-state index contributed by atoms with van der Waals surface area (Å²) in [7, 11) is 0. The first-order chi connectivity index (χ1) is 12.1. The number of carbonyl (C=O) groups is 1. The lowest BCUT2D eigenvalue weighted by Crippen LogP contribution is -2.48. The molecule has 3 rings (SSSR count). The van der Waals surface area contributed by atoms with Gasteiger partial charge in [-0.1, -0.05) is 35.9 Å². The molecule has 2 aromatic carbocycles. The Morgan fingerprint density at radius 2 is 1.76 bits per heavy atom. The van der Waals surface area contributed by atoms with Gasteiger partial charge in [-0.25, -0.2) is 0 Å². The molecule has 0 atom stereocenters. The molecule has 0 radical (unpaired) electrons. The van der Waals surface area contributed by atoms with E-state index in [1.54, 1.807) is 0 Å². The lowest BCUT2D eigenvalue weighted by Gasteiger charge is -2.34. The topological polar surface area (TPSA) is 35.6 Å². The Morgan fingerprint density at radius 1 is 1.04 bits per heavy atom. The van der Waals surface area contributed by atoms with Crippen LogP contribution in [0.1, 0.15) is 5.56 Å². The van der Waals surface area contributed by atoms with Crippen molar-refractivity contribution in [3.63, 3.8) is 0 Å². The molecule has 1 saturated heterocycles. The lowest BCUT2D eigenvalue weighted by atomic mass is 10.2. The van der Waals surface area contributed by atoms with Crippen molar-refractivity contribution in [3.05, 3.63) is 62.7 Å². The van der Waals surface area contributed by atoms with Crippen LogP contribution in [0.3, 0.4) is 0 Å². The van der Waals surface area contributed by atoms with Crippen molar-refractivity contribution < 1.29 is 4.79 Å². The van der Waals surface area contributed by atoms with Crippen molar-refractivity contribution in [2.45, 2.75) is 6.54 Å². The number of anilines is 1. The van der Waals surface area contributed by atoms with E-state index in [4.69, 9.17) is 11.6 Å². The van der Waals surface area contributed by atoms with Gasteiger partial charge in [0.05, 0.1) is 12.2 Å². The van der Waals surface area contributed by atoms with Crippen LogP contribution in [0.5, 0.6) is 0 Å². The van der Waals surface area contributed by atoms with Gasteiger partial charge in [-0.05, 0) is 52.4 Å². The standard InChI is InChI=1S/C19H21ClIN3O/c20-16-5-3-4-15(12-16)13-23-8-10-24(11-9-23)14-19(25)22-18-7-2-1-6-17(18)21/h1-7,12H,8-11,13-14H2,(H,22,25). The number of carbonyl (C=O) groups excluding carboxylic acids is 1. The highest BCUT2D eigenvalue weighted by Crippen LogP contribution is 2.17. The zero-order valence-electron chi connectivity index (χ0n) is 13.9. The molecule has 0 bridgehead atoms. The zero-order chi connectivity index (χ0) is 17.6. The largest absolute Gasteiger partial charge is 0.324 e. The van der Waals surface area contributed by atoms with Crippen molar-refractivity contribution >= 4 is 45.8 Å². The first kappa shape index (κ1) is 18.6. The zero-order valence-corrected chi connectivity index (χ0v) is 16.8. The fourth-order valence-electron chi connectivity index (χ4n) is 2.95. The Kier molecular flexibility index (Phi) is 6.70. The first-order valence-electron chi connectivity index (χ1n) is 8.34. The molecule has 0 spiro atoms. The Labute approximate surface area is 167 Å². The molecule has 1 N–H and O–H groups in total. The molecule has 132 valence electrons. The smallest absolute Gasteiger partial charge is 0.238 e. The summed E-state index contributed by atoms with van der Waals surface area (Å²) in [6.07, 6.45) is 0. The predicted octanol–water partition coefficient (Wildman–Crippen LogP) is 3.70. The van der Waals surface area contributed by atoms with E-state index in [1.165, 1.54) is 5.56 Å². The van der Waals surface area contributed by atoms with E-state index >= 15 is 0 Å². The highest BCUT2D eigenvalue weighted by molar-refractivity contribution is 14.1. The fourth-order valence-corrected chi connectivity index (χ4v) is 3.69.